The fourth-order valence-corrected chi connectivity index (χ4v) is 1.81. The van der Waals surface area contributed by atoms with Crippen molar-refractivity contribution in [2.75, 3.05) is 13.2 Å². The minimum absolute atomic E-state index is 0.0691. The summed E-state index contributed by atoms with van der Waals surface area (Å²) >= 11 is 0. The predicted octanol–water partition coefficient (Wildman–Crippen LogP) is 3.53. The lowest BCUT2D eigenvalue weighted by Crippen LogP contribution is -2.28. The van der Waals surface area contributed by atoms with E-state index >= 15 is 0 Å². The second kappa shape index (κ2) is 7.67. The van der Waals surface area contributed by atoms with Crippen LogP contribution in [0.2, 0.25) is 0 Å². The Morgan fingerprint density at radius 3 is 2.25 bits per heavy atom. The third-order valence-corrected chi connectivity index (χ3v) is 2.83. The van der Waals surface area contributed by atoms with E-state index in [9.17, 15) is 22.4 Å². The van der Waals surface area contributed by atoms with Crippen LogP contribution in [0.25, 0.3) is 0 Å². The van der Waals surface area contributed by atoms with Crippen molar-refractivity contribution in [1.29, 1.82) is 0 Å². The van der Waals surface area contributed by atoms with Gasteiger partial charge in [-0.1, -0.05) is 12.1 Å². The molecule has 0 aliphatic rings. The number of hydrogen-bond acceptors (Lipinski definition) is 3. The number of carbonyl (C=O) groups is 1. The van der Waals surface area contributed by atoms with E-state index in [4.69, 9.17) is 4.74 Å². The summed E-state index contributed by atoms with van der Waals surface area (Å²) in [5, 5.41) is 2.48. The Hall–Kier alpha value is -2.77. The summed E-state index contributed by atoms with van der Waals surface area (Å²) in [5.41, 5.74) is -0.0776. The standard InChI is InChI=1S/C16H13F4NO3/c17-14-4-2-1-3-13(14)15(22)21-9-10-23-11-5-7-12(8-6-11)24-16(18,19)20/h1-8H,9-10H2,(H,21,22). The summed E-state index contributed by atoms with van der Waals surface area (Å²) in [7, 11) is 0. The van der Waals surface area contributed by atoms with Gasteiger partial charge in [0.1, 0.15) is 23.9 Å². The number of halogens is 4. The lowest BCUT2D eigenvalue weighted by molar-refractivity contribution is -0.274. The molecule has 1 N–H and O–H groups in total. The lowest BCUT2D eigenvalue weighted by atomic mass is 10.2. The Kier molecular flexibility index (Phi) is 5.62. The number of hydrogen-bond donors (Lipinski definition) is 1. The molecule has 0 unspecified atom stereocenters. The quantitative estimate of drug-likeness (QED) is 0.645. The second-order valence-electron chi connectivity index (χ2n) is 4.60. The van der Waals surface area contributed by atoms with Gasteiger partial charge in [0.2, 0.25) is 0 Å². The van der Waals surface area contributed by atoms with Crippen molar-refractivity contribution < 1.29 is 31.8 Å². The first-order valence-electron chi connectivity index (χ1n) is 6.86. The number of alkyl halides is 3. The van der Waals surface area contributed by atoms with Crippen molar-refractivity contribution >= 4 is 5.91 Å². The number of nitrogens with one attached hydrogen (secondary N) is 1. The monoisotopic (exact) mass is 343 g/mol. The molecule has 0 fully saturated rings. The van der Waals surface area contributed by atoms with Crippen LogP contribution in [0, 0.1) is 5.82 Å². The van der Waals surface area contributed by atoms with Crippen LogP contribution in [0.4, 0.5) is 17.6 Å². The molecule has 8 heteroatoms. The molecular weight excluding hydrogens is 330 g/mol. The lowest BCUT2D eigenvalue weighted by Gasteiger charge is -2.10. The molecule has 24 heavy (non-hydrogen) atoms. The van der Waals surface area contributed by atoms with Crippen molar-refractivity contribution in [2.24, 2.45) is 0 Å². The Balaban J connectivity index is 1.76. The molecule has 0 spiro atoms. The molecular formula is C16H13F4NO3. The summed E-state index contributed by atoms with van der Waals surface area (Å²) in [6.45, 7) is 0.174. The van der Waals surface area contributed by atoms with E-state index in [2.05, 4.69) is 10.1 Å². The SMILES string of the molecule is O=C(NCCOc1ccc(OC(F)(F)F)cc1)c1ccccc1F. The molecule has 2 aromatic carbocycles. The van der Waals surface area contributed by atoms with Crippen LogP contribution in [0.3, 0.4) is 0 Å². The molecule has 0 bridgehead atoms. The van der Waals surface area contributed by atoms with Crippen LogP contribution < -0.4 is 14.8 Å². The molecule has 0 aromatic heterocycles. The fourth-order valence-electron chi connectivity index (χ4n) is 1.81. The summed E-state index contributed by atoms with van der Waals surface area (Å²) in [4.78, 5) is 11.7. The predicted molar refractivity (Wildman–Crippen MR) is 77.4 cm³/mol. The number of rotatable bonds is 6. The number of benzene rings is 2. The normalized spacial score (nSPS) is 11.0. The first-order valence-corrected chi connectivity index (χ1v) is 6.86. The number of ether oxygens (including phenoxy) is 2. The van der Waals surface area contributed by atoms with Crippen LogP contribution >= 0.6 is 0 Å². The highest BCUT2D eigenvalue weighted by Gasteiger charge is 2.30. The average Bonchev–Trinajstić information content (AvgIpc) is 2.52. The van der Waals surface area contributed by atoms with E-state index in [1.807, 2.05) is 0 Å². The molecule has 0 saturated heterocycles. The molecule has 0 radical (unpaired) electrons. The van der Waals surface area contributed by atoms with E-state index in [1.54, 1.807) is 6.07 Å². The fraction of sp³-hybridized carbons (Fsp3) is 0.188. The topological polar surface area (TPSA) is 47.6 Å². The van der Waals surface area contributed by atoms with E-state index in [1.165, 1.54) is 30.3 Å². The molecule has 1 amide bonds. The molecule has 0 atom stereocenters. The van der Waals surface area contributed by atoms with E-state index in [-0.39, 0.29) is 24.5 Å². The van der Waals surface area contributed by atoms with Crippen molar-refractivity contribution in [1.82, 2.24) is 5.32 Å². The van der Waals surface area contributed by atoms with Gasteiger partial charge in [0, 0.05) is 0 Å². The van der Waals surface area contributed by atoms with Gasteiger partial charge in [-0.05, 0) is 36.4 Å². The maximum absolute atomic E-state index is 13.4. The van der Waals surface area contributed by atoms with Crippen molar-refractivity contribution in [3.8, 4) is 11.5 Å². The second-order valence-corrected chi connectivity index (χ2v) is 4.60. The minimum atomic E-state index is -4.75. The van der Waals surface area contributed by atoms with Gasteiger partial charge in [-0.3, -0.25) is 4.79 Å². The zero-order valence-electron chi connectivity index (χ0n) is 12.3. The van der Waals surface area contributed by atoms with Gasteiger partial charge in [-0.15, -0.1) is 13.2 Å². The molecule has 0 aliphatic heterocycles. The van der Waals surface area contributed by atoms with Gasteiger partial charge in [0.05, 0.1) is 12.1 Å². The van der Waals surface area contributed by atoms with Gasteiger partial charge in [-0.2, -0.15) is 0 Å². The number of amides is 1. The van der Waals surface area contributed by atoms with Gasteiger partial charge in [0.15, 0.2) is 0 Å². The van der Waals surface area contributed by atoms with Crippen LogP contribution in [0.15, 0.2) is 48.5 Å². The summed E-state index contributed by atoms with van der Waals surface area (Å²) in [6, 6.07) is 10.4. The molecule has 128 valence electrons. The zero-order valence-corrected chi connectivity index (χ0v) is 12.3. The Bertz CT molecular complexity index is 686. The molecule has 0 aliphatic carbocycles. The van der Waals surface area contributed by atoms with E-state index in [0.29, 0.717) is 5.75 Å². The highest BCUT2D eigenvalue weighted by molar-refractivity contribution is 5.94. The molecule has 2 rings (SSSR count). The first kappa shape index (κ1) is 17.6. The van der Waals surface area contributed by atoms with Crippen molar-refractivity contribution in [2.45, 2.75) is 6.36 Å². The van der Waals surface area contributed by atoms with Crippen LogP contribution in [0.5, 0.6) is 11.5 Å². The Morgan fingerprint density at radius 2 is 1.62 bits per heavy atom. The third-order valence-electron chi connectivity index (χ3n) is 2.83. The maximum Gasteiger partial charge on any atom is 0.573 e. The molecule has 2 aromatic rings. The van der Waals surface area contributed by atoms with Gasteiger partial charge in [-0.25, -0.2) is 4.39 Å². The number of carbonyl (C=O) groups excluding carboxylic acids is 1. The van der Waals surface area contributed by atoms with Gasteiger partial charge in [0.25, 0.3) is 5.91 Å². The van der Waals surface area contributed by atoms with Crippen LogP contribution in [-0.4, -0.2) is 25.4 Å². The Labute approximate surface area is 135 Å². The van der Waals surface area contributed by atoms with Gasteiger partial charge >= 0.3 is 6.36 Å². The molecule has 0 saturated carbocycles. The third kappa shape index (κ3) is 5.45. The first-order chi connectivity index (χ1) is 11.3. The average molecular weight is 343 g/mol. The maximum atomic E-state index is 13.4. The van der Waals surface area contributed by atoms with Crippen molar-refractivity contribution in [3.05, 3.63) is 59.9 Å². The summed E-state index contributed by atoms with van der Waals surface area (Å²) < 4.78 is 58.4. The summed E-state index contributed by atoms with van der Waals surface area (Å²) in [6.07, 6.45) is -4.75. The molecule has 0 heterocycles. The molecule has 4 nitrogen and oxygen atoms in total. The van der Waals surface area contributed by atoms with E-state index < -0.39 is 18.1 Å². The zero-order chi connectivity index (χ0) is 17.6. The largest absolute Gasteiger partial charge is 0.573 e. The highest BCUT2D eigenvalue weighted by atomic mass is 19.4. The minimum Gasteiger partial charge on any atom is -0.492 e. The Morgan fingerprint density at radius 1 is 1.00 bits per heavy atom. The van der Waals surface area contributed by atoms with E-state index in [0.717, 1.165) is 12.1 Å². The van der Waals surface area contributed by atoms with Crippen LogP contribution in [0.1, 0.15) is 10.4 Å². The van der Waals surface area contributed by atoms with Crippen molar-refractivity contribution in [3.63, 3.8) is 0 Å². The summed E-state index contributed by atoms with van der Waals surface area (Å²) in [5.74, 6) is -1.26. The van der Waals surface area contributed by atoms with Crippen LogP contribution in [-0.2, 0) is 0 Å². The highest BCUT2D eigenvalue weighted by Crippen LogP contribution is 2.24. The van der Waals surface area contributed by atoms with Gasteiger partial charge < -0.3 is 14.8 Å². The smallest absolute Gasteiger partial charge is 0.492 e.